The van der Waals surface area contributed by atoms with Gasteiger partial charge in [-0.2, -0.15) is 0 Å². The van der Waals surface area contributed by atoms with Gasteiger partial charge in [0, 0.05) is 23.7 Å². The Morgan fingerprint density at radius 2 is 1.95 bits per heavy atom. The van der Waals surface area contributed by atoms with Crippen molar-refractivity contribution in [1.82, 2.24) is 0 Å². The number of ether oxygens (including phenoxy) is 2. The fourth-order valence-electron chi connectivity index (χ4n) is 2.45. The molecule has 2 rings (SSSR count). The van der Waals surface area contributed by atoms with Crippen molar-refractivity contribution < 1.29 is 14.3 Å². The normalized spacial score (nSPS) is 18.4. The van der Waals surface area contributed by atoms with E-state index in [4.69, 9.17) is 15.2 Å². The zero-order chi connectivity index (χ0) is 15.5. The van der Waals surface area contributed by atoms with Crippen LogP contribution >= 0.6 is 0 Å². The first kappa shape index (κ1) is 15.8. The summed E-state index contributed by atoms with van der Waals surface area (Å²) >= 11 is 0. The van der Waals surface area contributed by atoms with Crippen LogP contribution in [0.2, 0.25) is 0 Å². The third kappa shape index (κ3) is 3.36. The van der Waals surface area contributed by atoms with E-state index in [0.717, 1.165) is 24.1 Å². The topological polar surface area (TPSA) is 64.8 Å². The molecule has 0 bridgehead atoms. The summed E-state index contributed by atoms with van der Waals surface area (Å²) in [4.78, 5) is 12.6. The summed E-state index contributed by atoms with van der Waals surface area (Å²) in [5.41, 5.74) is 7.05. The summed E-state index contributed by atoms with van der Waals surface area (Å²) in [6.07, 6.45) is 1.71. The zero-order valence-electron chi connectivity index (χ0n) is 13.0. The van der Waals surface area contributed by atoms with E-state index in [1.54, 1.807) is 7.05 Å². The van der Waals surface area contributed by atoms with Crippen LogP contribution in [-0.4, -0.2) is 26.3 Å². The average molecular weight is 292 g/mol. The Labute approximate surface area is 126 Å². The van der Waals surface area contributed by atoms with Gasteiger partial charge >= 0.3 is 6.03 Å². The molecule has 1 saturated heterocycles. The van der Waals surface area contributed by atoms with Crippen molar-refractivity contribution in [2.75, 3.05) is 25.2 Å². The second kappa shape index (κ2) is 6.45. The number of carbonyl (C=O) groups is 1. The Bertz CT molecular complexity index is 490. The third-order valence-electron chi connectivity index (χ3n) is 4.44. The number of benzene rings is 1. The van der Waals surface area contributed by atoms with E-state index >= 15 is 0 Å². The highest BCUT2D eigenvalue weighted by molar-refractivity contribution is 5.90. The van der Waals surface area contributed by atoms with Crippen molar-refractivity contribution in [3.63, 3.8) is 0 Å². The highest BCUT2D eigenvalue weighted by atomic mass is 16.7. The molecule has 0 unspecified atom stereocenters. The van der Waals surface area contributed by atoms with E-state index in [0.29, 0.717) is 13.2 Å². The van der Waals surface area contributed by atoms with E-state index in [1.807, 2.05) is 24.3 Å². The molecule has 21 heavy (non-hydrogen) atoms. The highest BCUT2D eigenvalue weighted by Crippen LogP contribution is 2.37. The van der Waals surface area contributed by atoms with Crippen LogP contribution in [0.1, 0.15) is 38.5 Å². The van der Waals surface area contributed by atoms with Gasteiger partial charge in [0.25, 0.3) is 0 Å². The average Bonchev–Trinajstić information content (AvgIpc) is 2.54. The number of hydrogen-bond acceptors (Lipinski definition) is 3. The number of nitrogens with two attached hydrogens (primary N) is 1. The predicted molar refractivity (Wildman–Crippen MR) is 82.1 cm³/mol. The number of anilines is 1. The lowest BCUT2D eigenvalue weighted by Crippen LogP contribution is -2.38. The Hall–Kier alpha value is -1.59. The minimum atomic E-state index is -0.492. The van der Waals surface area contributed by atoms with E-state index in [1.165, 1.54) is 4.90 Å². The molecule has 0 saturated carbocycles. The molecule has 1 heterocycles. The number of amides is 2. The third-order valence-corrected chi connectivity index (χ3v) is 4.44. The van der Waals surface area contributed by atoms with Crippen molar-refractivity contribution in [1.29, 1.82) is 0 Å². The number of rotatable bonds is 4. The summed E-state index contributed by atoms with van der Waals surface area (Å²) in [6, 6.07) is 7.03. The Morgan fingerprint density at radius 1 is 1.33 bits per heavy atom. The number of carbonyl (C=O) groups excluding carboxylic acids is 1. The van der Waals surface area contributed by atoms with Crippen molar-refractivity contribution >= 4 is 11.7 Å². The van der Waals surface area contributed by atoms with Crippen LogP contribution in [0, 0.1) is 5.41 Å². The molecule has 1 aromatic rings. The molecule has 0 aromatic heterocycles. The van der Waals surface area contributed by atoms with Gasteiger partial charge in [0.05, 0.1) is 13.2 Å². The molecule has 5 heteroatoms. The molecule has 5 nitrogen and oxygen atoms in total. The molecule has 0 spiro atoms. The molecule has 0 aliphatic carbocycles. The quantitative estimate of drug-likeness (QED) is 0.927. The van der Waals surface area contributed by atoms with Gasteiger partial charge in [0.2, 0.25) is 0 Å². The molecule has 1 aliphatic rings. The van der Waals surface area contributed by atoms with Crippen LogP contribution in [0.3, 0.4) is 0 Å². The van der Waals surface area contributed by atoms with Gasteiger partial charge < -0.3 is 15.2 Å². The van der Waals surface area contributed by atoms with Gasteiger partial charge in [-0.25, -0.2) is 4.79 Å². The van der Waals surface area contributed by atoms with Crippen LogP contribution in [0.15, 0.2) is 24.3 Å². The fourth-order valence-corrected chi connectivity index (χ4v) is 2.45. The van der Waals surface area contributed by atoms with E-state index in [9.17, 15) is 4.79 Å². The van der Waals surface area contributed by atoms with Crippen molar-refractivity contribution in [3.05, 3.63) is 29.8 Å². The van der Waals surface area contributed by atoms with Crippen LogP contribution in [0.25, 0.3) is 0 Å². The maximum atomic E-state index is 11.2. The monoisotopic (exact) mass is 292 g/mol. The molecule has 2 amide bonds. The molecule has 116 valence electrons. The number of urea groups is 1. The number of hydrogen-bond donors (Lipinski definition) is 1. The molecule has 2 N–H and O–H groups in total. The Kier molecular flexibility index (Phi) is 4.85. The predicted octanol–water partition coefficient (Wildman–Crippen LogP) is 3.05. The second-order valence-corrected chi connectivity index (χ2v) is 5.65. The summed E-state index contributed by atoms with van der Waals surface area (Å²) < 4.78 is 11.8. The summed E-state index contributed by atoms with van der Waals surface area (Å²) in [7, 11) is 1.64. The lowest BCUT2D eigenvalue weighted by Gasteiger charge is -2.39. The van der Waals surface area contributed by atoms with Gasteiger partial charge in [0.15, 0.2) is 6.29 Å². The summed E-state index contributed by atoms with van der Waals surface area (Å²) in [5.74, 6) is 0. The lowest BCUT2D eigenvalue weighted by molar-refractivity contribution is -0.235. The van der Waals surface area contributed by atoms with Crippen LogP contribution in [0.4, 0.5) is 10.5 Å². The van der Waals surface area contributed by atoms with Crippen LogP contribution in [-0.2, 0) is 9.47 Å². The maximum Gasteiger partial charge on any atom is 0.318 e. The van der Waals surface area contributed by atoms with Crippen molar-refractivity contribution in [2.24, 2.45) is 11.1 Å². The first-order valence-corrected chi connectivity index (χ1v) is 7.37. The van der Waals surface area contributed by atoms with Crippen LogP contribution < -0.4 is 10.6 Å². The first-order chi connectivity index (χ1) is 10.0. The maximum absolute atomic E-state index is 11.2. The van der Waals surface area contributed by atoms with E-state index in [-0.39, 0.29) is 11.7 Å². The number of nitrogens with zero attached hydrogens (tertiary/aromatic N) is 1. The minimum Gasteiger partial charge on any atom is -0.351 e. The van der Waals surface area contributed by atoms with Crippen LogP contribution in [0.5, 0.6) is 0 Å². The van der Waals surface area contributed by atoms with Gasteiger partial charge in [-0.05, 0) is 25.0 Å². The highest BCUT2D eigenvalue weighted by Gasteiger charge is 2.34. The molecule has 1 fully saturated rings. The zero-order valence-corrected chi connectivity index (χ0v) is 13.0. The molecular formula is C16H24N2O3. The van der Waals surface area contributed by atoms with E-state index in [2.05, 4.69) is 13.8 Å². The van der Waals surface area contributed by atoms with Crippen molar-refractivity contribution in [3.8, 4) is 0 Å². The summed E-state index contributed by atoms with van der Waals surface area (Å²) in [6.45, 7) is 5.72. The SMILES string of the molecule is CCC1(CC)COC(c2cccc(N(C)C(N)=O)c2)OC1. The standard InChI is InChI=1S/C16H24N2O3/c1-4-16(5-2)10-20-14(21-11-16)12-7-6-8-13(9-12)18(3)15(17)19/h6-9,14H,4-5,10-11H2,1-3H3,(H2,17,19). The largest absolute Gasteiger partial charge is 0.351 e. The van der Waals surface area contributed by atoms with Gasteiger partial charge in [-0.3, -0.25) is 4.90 Å². The molecule has 1 aromatic carbocycles. The second-order valence-electron chi connectivity index (χ2n) is 5.65. The lowest BCUT2D eigenvalue weighted by atomic mass is 9.83. The summed E-state index contributed by atoms with van der Waals surface area (Å²) in [5, 5.41) is 0. The Balaban J connectivity index is 2.10. The minimum absolute atomic E-state index is 0.123. The molecule has 1 aliphatic heterocycles. The van der Waals surface area contributed by atoms with Gasteiger partial charge in [-0.15, -0.1) is 0 Å². The molecule has 0 radical (unpaired) electrons. The molecular weight excluding hydrogens is 268 g/mol. The van der Waals surface area contributed by atoms with E-state index < -0.39 is 6.03 Å². The first-order valence-electron chi connectivity index (χ1n) is 7.37. The van der Waals surface area contributed by atoms with Gasteiger partial charge in [-0.1, -0.05) is 26.0 Å². The number of primary amides is 1. The fraction of sp³-hybridized carbons (Fsp3) is 0.562. The smallest absolute Gasteiger partial charge is 0.318 e. The van der Waals surface area contributed by atoms with Crippen molar-refractivity contribution in [2.45, 2.75) is 33.0 Å². The van der Waals surface area contributed by atoms with Gasteiger partial charge in [0.1, 0.15) is 0 Å². The Morgan fingerprint density at radius 3 is 2.48 bits per heavy atom. The molecule has 0 atom stereocenters.